The number of nitrogens with zero attached hydrogens (tertiary/aromatic N) is 3. The van der Waals surface area contributed by atoms with Crippen LogP contribution in [0.3, 0.4) is 0 Å². The highest BCUT2D eigenvalue weighted by Gasteiger charge is 2.10. The first-order chi connectivity index (χ1) is 8.15. The van der Waals surface area contributed by atoms with E-state index in [1.165, 1.54) is 0 Å². The first kappa shape index (κ1) is 12.2. The number of aryl methyl sites for hydroxylation is 1. The Morgan fingerprint density at radius 2 is 2.24 bits per heavy atom. The van der Waals surface area contributed by atoms with E-state index in [-0.39, 0.29) is 0 Å². The molecule has 6 heteroatoms. The molecule has 0 amide bonds. The largest absolute Gasteiger partial charge is 0.419 e. The monoisotopic (exact) mass is 252 g/mol. The van der Waals surface area contributed by atoms with Gasteiger partial charge in [-0.2, -0.15) is 0 Å². The lowest BCUT2D eigenvalue weighted by Crippen LogP contribution is -2.25. The van der Waals surface area contributed by atoms with E-state index in [4.69, 9.17) is 4.42 Å². The molecule has 0 aliphatic carbocycles. The van der Waals surface area contributed by atoms with Gasteiger partial charge in [-0.25, -0.2) is 4.98 Å². The maximum absolute atomic E-state index is 5.55. The molecule has 0 bridgehead atoms. The van der Waals surface area contributed by atoms with Crippen LogP contribution in [0.5, 0.6) is 0 Å². The van der Waals surface area contributed by atoms with Crippen molar-refractivity contribution >= 4 is 11.3 Å². The van der Waals surface area contributed by atoms with Crippen LogP contribution in [0.4, 0.5) is 0 Å². The second-order valence-electron chi connectivity index (χ2n) is 4.11. The van der Waals surface area contributed by atoms with E-state index >= 15 is 0 Å². The number of rotatable bonds is 5. The summed E-state index contributed by atoms with van der Waals surface area (Å²) in [6, 6.07) is 0.471. The fourth-order valence-corrected chi connectivity index (χ4v) is 1.97. The summed E-state index contributed by atoms with van der Waals surface area (Å²) in [5.41, 5.74) is 0.767. The molecule has 0 spiro atoms. The molecule has 17 heavy (non-hydrogen) atoms. The van der Waals surface area contributed by atoms with Crippen molar-refractivity contribution in [1.29, 1.82) is 0 Å². The van der Waals surface area contributed by atoms with Gasteiger partial charge in [0.25, 0.3) is 5.89 Å². The van der Waals surface area contributed by atoms with E-state index in [1.54, 1.807) is 11.3 Å². The summed E-state index contributed by atoms with van der Waals surface area (Å²) >= 11 is 1.58. The molecule has 92 valence electrons. The van der Waals surface area contributed by atoms with Crippen molar-refractivity contribution in [3.63, 3.8) is 0 Å². The Morgan fingerprint density at radius 1 is 1.41 bits per heavy atom. The Kier molecular flexibility index (Phi) is 3.86. The number of thiazole rings is 1. The van der Waals surface area contributed by atoms with E-state index in [0.29, 0.717) is 17.8 Å². The molecule has 0 unspecified atom stereocenters. The van der Waals surface area contributed by atoms with Gasteiger partial charge >= 0.3 is 0 Å². The third kappa shape index (κ3) is 3.34. The van der Waals surface area contributed by atoms with E-state index < -0.39 is 0 Å². The van der Waals surface area contributed by atoms with Crippen molar-refractivity contribution in [2.45, 2.75) is 33.2 Å². The molecule has 2 aromatic heterocycles. The van der Waals surface area contributed by atoms with E-state index in [9.17, 15) is 0 Å². The quantitative estimate of drug-likeness (QED) is 0.882. The first-order valence-corrected chi connectivity index (χ1v) is 6.51. The molecule has 2 rings (SSSR count). The van der Waals surface area contributed by atoms with Crippen molar-refractivity contribution in [2.75, 3.05) is 6.54 Å². The van der Waals surface area contributed by atoms with Gasteiger partial charge < -0.3 is 9.73 Å². The summed E-state index contributed by atoms with van der Waals surface area (Å²) in [5.74, 6) is 1.16. The summed E-state index contributed by atoms with van der Waals surface area (Å²) in [7, 11) is 0. The van der Waals surface area contributed by atoms with Crippen LogP contribution in [0.15, 0.2) is 9.80 Å². The van der Waals surface area contributed by atoms with Gasteiger partial charge in [0.15, 0.2) is 0 Å². The molecule has 0 fully saturated rings. The van der Waals surface area contributed by atoms with Crippen molar-refractivity contribution in [2.24, 2.45) is 0 Å². The van der Waals surface area contributed by atoms with Gasteiger partial charge in [-0.15, -0.1) is 21.5 Å². The maximum Gasteiger partial charge on any atom is 0.267 e. The fraction of sp³-hybridized carbons (Fsp3) is 0.545. The van der Waals surface area contributed by atoms with Crippen LogP contribution in [0.2, 0.25) is 0 Å². The molecule has 0 aliphatic rings. The van der Waals surface area contributed by atoms with E-state index in [2.05, 4.69) is 34.3 Å². The van der Waals surface area contributed by atoms with Crippen molar-refractivity contribution < 1.29 is 4.42 Å². The molecule has 0 aliphatic heterocycles. The highest BCUT2D eigenvalue weighted by Crippen LogP contribution is 2.19. The predicted molar refractivity (Wildman–Crippen MR) is 67.0 cm³/mol. The molecule has 1 N–H and O–H groups in total. The molecule has 0 saturated carbocycles. The molecule has 2 heterocycles. The zero-order valence-corrected chi connectivity index (χ0v) is 11.0. The summed E-state index contributed by atoms with van der Waals surface area (Å²) in [6.07, 6.45) is 0.744. The normalized spacial score (nSPS) is 11.3. The van der Waals surface area contributed by atoms with Crippen LogP contribution < -0.4 is 5.32 Å². The lowest BCUT2D eigenvalue weighted by atomic mass is 10.3. The van der Waals surface area contributed by atoms with Crippen LogP contribution in [0, 0.1) is 6.92 Å². The van der Waals surface area contributed by atoms with E-state index in [1.807, 2.05) is 12.3 Å². The Morgan fingerprint density at radius 3 is 2.88 bits per heavy atom. The average molecular weight is 252 g/mol. The molecule has 0 saturated heterocycles. The minimum atomic E-state index is 0.471. The standard InChI is InChI=1S/C11H16N4OS/c1-7(2)12-5-4-10-14-15-11(16-10)9-6-17-8(3)13-9/h6-7,12H,4-5H2,1-3H3. The van der Waals surface area contributed by atoms with Gasteiger partial charge in [-0.1, -0.05) is 13.8 Å². The van der Waals surface area contributed by atoms with E-state index in [0.717, 1.165) is 23.7 Å². The minimum Gasteiger partial charge on any atom is -0.419 e. The van der Waals surface area contributed by atoms with Crippen LogP contribution >= 0.6 is 11.3 Å². The number of nitrogens with one attached hydrogen (secondary N) is 1. The van der Waals surface area contributed by atoms with Crippen molar-refractivity contribution in [3.8, 4) is 11.6 Å². The molecule has 2 aromatic rings. The lowest BCUT2D eigenvalue weighted by molar-refractivity contribution is 0.483. The summed E-state index contributed by atoms with van der Waals surface area (Å²) in [5, 5.41) is 14.2. The van der Waals surface area contributed by atoms with Gasteiger partial charge in [-0.05, 0) is 6.92 Å². The van der Waals surface area contributed by atoms with Crippen LogP contribution in [-0.4, -0.2) is 27.8 Å². The van der Waals surface area contributed by atoms with Crippen LogP contribution in [-0.2, 0) is 6.42 Å². The van der Waals surface area contributed by atoms with Crippen molar-refractivity contribution in [1.82, 2.24) is 20.5 Å². The third-order valence-corrected chi connectivity index (χ3v) is 2.97. The smallest absolute Gasteiger partial charge is 0.267 e. The second kappa shape index (κ2) is 5.37. The summed E-state index contributed by atoms with van der Waals surface area (Å²) < 4.78 is 5.55. The highest BCUT2D eigenvalue weighted by molar-refractivity contribution is 7.09. The third-order valence-electron chi connectivity index (χ3n) is 2.20. The van der Waals surface area contributed by atoms with Gasteiger partial charge in [0.05, 0.1) is 5.01 Å². The van der Waals surface area contributed by atoms with Gasteiger partial charge in [0, 0.05) is 24.4 Å². The van der Waals surface area contributed by atoms with Crippen molar-refractivity contribution in [3.05, 3.63) is 16.3 Å². The topological polar surface area (TPSA) is 63.8 Å². The highest BCUT2D eigenvalue weighted by atomic mass is 32.1. The SMILES string of the molecule is Cc1nc(-c2nnc(CCNC(C)C)o2)cs1. The zero-order chi connectivity index (χ0) is 12.3. The van der Waals surface area contributed by atoms with Gasteiger partial charge in [-0.3, -0.25) is 0 Å². The Balaban J connectivity index is 1.96. The first-order valence-electron chi connectivity index (χ1n) is 5.63. The van der Waals surface area contributed by atoms with Gasteiger partial charge in [0.1, 0.15) is 5.69 Å². The lowest BCUT2D eigenvalue weighted by Gasteiger charge is -2.04. The van der Waals surface area contributed by atoms with Crippen LogP contribution in [0.1, 0.15) is 24.7 Å². The fourth-order valence-electron chi connectivity index (χ4n) is 1.39. The summed E-state index contributed by atoms with van der Waals surface area (Å²) in [6.45, 7) is 7.02. The Bertz CT molecular complexity index is 477. The Hall–Kier alpha value is -1.27. The number of hydrogen-bond acceptors (Lipinski definition) is 6. The number of aromatic nitrogens is 3. The number of hydrogen-bond donors (Lipinski definition) is 1. The maximum atomic E-state index is 5.55. The second-order valence-corrected chi connectivity index (χ2v) is 5.17. The predicted octanol–water partition coefficient (Wildman–Crippen LogP) is 2.04. The zero-order valence-electron chi connectivity index (χ0n) is 10.2. The molecular formula is C11H16N4OS. The average Bonchev–Trinajstić information content (AvgIpc) is 2.86. The molecular weight excluding hydrogens is 236 g/mol. The Labute approximate surface area is 104 Å². The molecule has 0 atom stereocenters. The minimum absolute atomic E-state index is 0.471. The summed E-state index contributed by atoms with van der Waals surface area (Å²) in [4.78, 5) is 4.31. The molecule has 0 aromatic carbocycles. The molecule has 0 radical (unpaired) electrons. The van der Waals surface area contributed by atoms with Gasteiger partial charge in [0.2, 0.25) is 5.89 Å². The van der Waals surface area contributed by atoms with Crippen LogP contribution in [0.25, 0.3) is 11.6 Å². The molecule has 5 nitrogen and oxygen atoms in total.